The molecular formula is C13H23N3OS. The maximum absolute atomic E-state index is 5.74. The molecule has 0 aromatic carbocycles. The van der Waals surface area contributed by atoms with Crippen LogP contribution >= 0.6 is 11.3 Å². The third-order valence-electron chi connectivity index (χ3n) is 3.23. The fraction of sp³-hybridized carbons (Fsp3) is 0.846. The standard InChI is InChI=1S/C13H23N3OS/c1-3-7-14-10(2)13-16-15-12(18-13)9-11-6-4-5-8-17-11/h10-11,14H,3-9H2,1-2H3. The van der Waals surface area contributed by atoms with E-state index in [0.29, 0.717) is 12.1 Å². The highest BCUT2D eigenvalue weighted by Gasteiger charge is 2.18. The van der Waals surface area contributed by atoms with Gasteiger partial charge in [0.2, 0.25) is 0 Å². The van der Waals surface area contributed by atoms with Gasteiger partial charge in [-0.15, -0.1) is 10.2 Å². The van der Waals surface area contributed by atoms with E-state index in [-0.39, 0.29) is 0 Å². The molecule has 1 fully saturated rings. The van der Waals surface area contributed by atoms with Gasteiger partial charge in [-0.05, 0) is 39.2 Å². The van der Waals surface area contributed by atoms with Gasteiger partial charge in [-0.3, -0.25) is 0 Å². The van der Waals surface area contributed by atoms with Gasteiger partial charge in [-0.1, -0.05) is 18.3 Å². The summed E-state index contributed by atoms with van der Waals surface area (Å²) in [6.07, 6.45) is 6.09. The van der Waals surface area contributed by atoms with Gasteiger partial charge in [0, 0.05) is 13.0 Å². The molecule has 1 N–H and O–H groups in total. The quantitative estimate of drug-likeness (QED) is 0.862. The minimum absolute atomic E-state index is 0.309. The van der Waals surface area contributed by atoms with Crippen molar-refractivity contribution >= 4 is 11.3 Å². The van der Waals surface area contributed by atoms with Gasteiger partial charge >= 0.3 is 0 Å². The molecule has 2 unspecified atom stereocenters. The molecule has 0 spiro atoms. The smallest absolute Gasteiger partial charge is 0.134 e. The number of rotatable bonds is 6. The van der Waals surface area contributed by atoms with Crippen LogP contribution in [0.5, 0.6) is 0 Å². The zero-order valence-corrected chi connectivity index (χ0v) is 12.1. The molecule has 1 aromatic rings. The monoisotopic (exact) mass is 269 g/mol. The lowest BCUT2D eigenvalue weighted by atomic mass is 10.1. The topological polar surface area (TPSA) is 47.0 Å². The van der Waals surface area contributed by atoms with Crippen molar-refractivity contribution in [3.05, 3.63) is 10.0 Å². The first-order valence-corrected chi connectivity index (χ1v) is 7.78. The first kappa shape index (κ1) is 13.9. The van der Waals surface area contributed by atoms with E-state index < -0.39 is 0 Å². The van der Waals surface area contributed by atoms with Crippen LogP contribution in [0, 0.1) is 0 Å². The van der Waals surface area contributed by atoms with Crippen molar-refractivity contribution < 1.29 is 4.74 Å². The van der Waals surface area contributed by atoms with E-state index in [9.17, 15) is 0 Å². The number of nitrogens with zero attached hydrogens (tertiary/aromatic N) is 2. The van der Waals surface area contributed by atoms with Gasteiger partial charge in [-0.25, -0.2) is 0 Å². The highest BCUT2D eigenvalue weighted by molar-refractivity contribution is 7.11. The van der Waals surface area contributed by atoms with Crippen molar-refractivity contribution in [3.63, 3.8) is 0 Å². The van der Waals surface area contributed by atoms with Crippen LogP contribution in [0.3, 0.4) is 0 Å². The Balaban J connectivity index is 1.84. The highest BCUT2D eigenvalue weighted by atomic mass is 32.1. The Morgan fingerprint density at radius 1 is 1.44 bits per heavy atom. The Morgan fingerprint density at radius 2 is 2.33 bits per heavy atom. The van der Waals surface area contributed by atoms with Gasteiger partial charge in [0.25, 0.3) is 0 Å². The van der Waals surface area contributed by atoms with Crippen LogP contribution in [0.4, 0.5) is 0 Å². The van der Waals surface area contributed by atoms with Crippen molar-refractivity contribution in [2.45, 2.75) is 58.1 Å². The molecular weight excluding hydrogens is 246 g/mol. The third-order valence-corrected chi connectivity index (χ3v) is 4.36. The molecule has 1 saturated heterocycles. The van der Waals surface area contributed by atoms with Gasteiger partial charge in [0.15, 0.2) is 0 Å². The molecule has 18 heavy (non-hydrogen) atoms. The van der Waals surface area contributed by atoms with Crippen LogP contribution in [-0.2, 0) is 11.2 Å². The third kappa shape index (κ3) is 4.00. The van der Waals surface area contributed by atoms with E-state index in [1.807, 2.05) is 0 Å². The number of hydrogen-bond donors (Lipinski definition) is 1. The Kier molecular flexibility index (Phi) is 5.53. The second kappa shape index (κ2) is 7.16. The molecule has 0 saturated carbocycles. The second-order valence-corrected chi connectivity index (χ2v) is 6.00. The van der Waals surface area contributed by atoms with Gasteiger partial charge in [0.1, 0.15) is 10.0 Å². The van der Waals surface area contributed by atoms with Crippen LogP contribution in [0.25, 0.3) is 0 Å². The zero-order valence-electron chi connectivity index (χ0n) is 11.3. The predicted octanol–water partition coefficient (Wildman–Crippen LogP) is 2.71. The second-order valence-electron chi connectivity index (χ2n) is 4.90. The van der Waals surface area contributed by atoms with E-state index in [4.69, 9.17) is 4.74 Å². The predicted molar refractivity (Wildman–Crippen MR) is 73.9 cm³/mol. The lowest BCUT2D eigenvalue weighted by Crippen LogP contribution is -2.21. The first-order chi connectivity index (χ1) is 8.79. The molecule has 0 aliphatic carbocycles. The van der Waals surface area contributed by atoms with E-state index >= 15 is 0 Å². The number of hydrogen-bond acceptors (Lipinski definition) is 5. The molecule has 2 heterocycles. The molecule has 0 amide bonds. The maximum atomic E-state index is 5.74. The summed E-state index contributed by atoms with van der Waals surface area (Å²) in [6, 6.07) is 0.309. The van der Waals surface area contributed by atoms with E-state index in [0.717, 1.165) is 36.0 Å². The average molecular weight is 269 g/mol. The van der Waals surface area contributed by atoms with Crippen LogP contribution in [0.15, 0.2) is 0 Å². The minimum atomic E-state index is 0.309. The van der Waals surface area contributed by atoms with Crippen molar-refractivity contribution in [2.24, 2.45) is 0 Å². The molecule has 1 aliphatic heterocycles. The Hall–Kier alpha value is -0.520. The minimum Gasteiger partial charge on any atom is -0.378 e. The lowest BCUT2D eigenvalue weighted by molar-refractivity contribution is 0.0167. The number of ether oxygens (including phenoxy) is 1. The molecule has 2 atom stereocenters. The summed E-state index contributed by atoms with van der Waals surface area (Å²) in [4.78, 5) is 0. The van der Waals surface area contributed by atoms with Gasteiger partial charge in [-0.2, -0.15) is 0 Å². The molecule has 102 valence electrons. The molecule has 1 aromatic heterocycles. The van der Waals surface area contributed by atoms with Gasteiger partial charge in [0.05, 0.1) is 12.1 Å². The molecule has 1 aliphatic rings. The Labute approximate surface area is 113 Å². The molecule has 2 rings (SSSR count). The summed E-state index contributed by atoms with van der Waals surface area (Å²) in [5.74, 6) is 0. The summed E-state index contributed by atoms with van der Waals surface area (Å²) in [5.41, 5.74) is 0. The lowest BCUT2D eigenvalue weighted by Gasteiger charge is -2.21. The number of aromatic nitrogens is 2. The Bertz CT molecular complexity index is 350. The maximum Gasteiger partial charge on any atom is 0.134 e. The van der Waals surface area contributed by atoms with Crippen molar-refractivity contribution in [1.29, 1.82) is 0 Å². The SMILES string of the molecule is CCCNC(C)c1nnc(CC2CCCCO2)s1. The summed E-state index contributed by atoms with van der Waals surface area (Å²) in [6.45, 7) is 6.26. The van der Waals surface area contributed by atoms with Crippen LogP contribution < -0.4 is 5.32 Å². The Morgan fingerprint density at radius 3 is 3.06 bits per heavy atom. The fourth-order valence-electron chi connectivity index (χ4n) is 2.14. The highest BCUT2D eigenvalue weighted by Crippen LogP contribution is 2.22. The van der Waals surface area contributed by atoms with Crippen molar-refractivity contribution in [1.82, 2.24) is 15.5 Å². The molecule has 4 nitrogen and oxygen atoms in total. The zero-order chi connectivity index (χ0) is 12.8. The first-order valence-electron chi connectivity index (χ1n) is 6.97. The normalized spacial score (nSPS) is 22.0. The summed E-state index contributed by atoms with van der Waals surface area (Å²) in [7, 11) is 0. The summed E-state index contributed by atoms with van der Waals surface area (Å²) in [5, 5.41) is 14.2. The largest absolute Gasteiger partial charge is 0.378 e. The molecule has 0 radical (unpaired) electrons. The van der Waals surface area contributed by atoms with Crippen LogP contribution in [-0.4, -0.2) is 29.5 Å². The summed E-state index contributed by atoms with van der Waals surface area (Å²) >= 11 is 1.72. The van der Waals surface area contributed by atoms with Crippen LogP contribution in [0.1, 0.15) is 55.6 Å². The fourth-order valence-corrected chi connectivity index (χ4v) is 3.07. The number of nitrogens with one attached hydrogen (secondary N) is 1. The van der Waals surface area contributed by atoms with E-state index in [2.05, 4.69) is 29.4 Å². The average Bonchev–Trinajstić information content (AvgIpc) is 2.86. The van der Waals surface area contributed by atoms with E-state index in [1.54, 1.807) is 11.3 Å². The molecule has 0 bridgehead atoms. The molecule has 5 heteroatoms. The summed E-state index contributed by atoms with van der Waals surface area (Å²) < 4.78 is 5.74. The van der Waals surface area contributed by atoms with Crippen molar-refractivity contribution in [2.75, 3.05) is 13.2 Å². The van der Waals surface area contributed by atoms with Crippen LogP contribution in [0.2, 0.25) is 0 Å². The van der Waals surface area contributed by atoms with E-state index in [1.165, 1.54) is 19.3 Å². The van der Waals surface area contributed by atoms with Crippen molar-refractivity contribution in [3.8, 4) is 0 Å². The van der Waals surface area contributed by atoms with Gasteiger partial charge < -0.3 is 10.1 Å².